The molecule has 1 aliphatic rings. The van der Waals surface area contributed by atoms with Gasteiger partial charge in [0.2, 0.25) is 17.6 Å². The summed E-state index contributed by atoms with van der Waals surface area (Å²) in [5, 5.41) is 9.14. The molecule has 3 aromatic rings. The maximum Gasteiger partial charge on any atom is 0.321 e. The lowest BCUT2D eigenvalue weighted by Gasteiger charge is -2.30. The van der Waals surface area contributed by atoms with Gasteiger partial charge in [-0.2, -0.15) is 4.98 Å². The molecule has 0 spiro atoms. The van der Waals surface area contributed by atoms with E-state index in [0.29, 0.717) is 49.0 Å². The standard InChI is InChI=1S/C21H21FN6O3/c1-13(29)24-18-12-15(5-6-16(18)22)25-21(30)28-10-7-14(8-11-28)20-26-19(27-31-20)17-4-2-3-9-23-17/h2-6,9,12,14H,7-8,10-11H2,1H3,(H,24,29)(H,25,30). The smallest absolute Gasteiger partial charge is 0.321 e. The third kappa shape index (κ3) is 4.85. The zero-order valence-corrected chi connectivity index (χ0v) is 16.8. The first kappa shape index (κ1) is 20.5. The Labute approximate surface area is 177 Å². The van der Waals surface area contributed by atoms with E-state index in [1.54, 1.807) is 11.1 Å². The molecule has 0 saturated carbocycles. The van der Waals surface area contributed by atoms with Crippen LogP contribution in [0.1, 0.15) is 31.6 Å². The number of piperidine rings is 1. The van der Waals surface area contributed by atoms with Crippen LogP contribution < -0.4 is 10.6 Å². The minimum Gasteiger partial charge on any atom is -0.339 e. The highest BCUT2D eigenvalue weighted by Gasteiger charge is 2.28. The molecule has 4 rings (SSSR count). The molecule has 0 atom stereocenters. The average Bonchev–Trinajstić information content (AvgIpc) is 3.27. The molecule has 31 heavy (non-hydrogen) atoms. The molecule has 0 radical (unpaired) electrons. The quantitative estimate of drug-likeness (QED) is 0.661. The Kier molecular flexibility index (Phi) is 5.87. The molecular formula is C21H21FN6O3. The Morgan fingerprint density at radius 2 is 1.97 bits per heavy atom. The highest BCUT2D eigenvalue weighted by molar-refractivity contribution is 5.92. The summed E-state index contributed by atoms with van der Waals surface area (Å²) in [6, 6.07) is 9.23. The maximum atomic E-state index is 13.8. The Bertz CT molecular complexity index is 1080. The summed E-state index contributed by atoms with van der Waals surface area (Å²) in [5.74, 6) is 0.0859. The Hall–Kier alpha value is -3.82. The number of hydrogen-bond acceptors (Lipinski definition) is 6. The van der Waals surface area contributed by atoms with Crippen LogP contribution in [0.25, 0.3) is 11.5 Å². The fraction of sp³-hybridized carbons (Fsp3) is 0.286. The topological polar surface area (TPSA) is 113 Å². The van der Waals surface area contributed by atoms with Gasteiger partial charge in [0.05, 0.1) is 5.69 Å². The van der Waals surface area contributed by atoms with Crippen molar-refractivity contribution in [3.05, 3.63) is 54.3 Å². The number of amides is 3. The summed E-state index contributed by atoms with van der Waals surface area (Å²) in [7, 11) is 0. The molecular weight excluding hydrogens is 403 g/mol. The van der Waals surface area contributed by atoms with Crippen LogP contribution in [-0.4, -0.2) is 45.1 Å². The molecule has 1 aliphatic heterocycles. The van der Waals surface area contributed by atoms with Crippen LogP contribution in [0.2, 0.25) is 0 Å². The van der Waals surface area contributed by atoms with Crippen molar-refractivity contribution in [2.45, 2.75) is 25.7 Å². The van der Waals surface area contributed by atoms with Crippen LogP contribution in [0, 0.1) is 5.82 Å². The highest BCUT2D eigenvalue weighted by atomic mass is 19.1. The first-order chi connectivity index (χ1) is 15.0. The first-order valence-electron chi connectivity index (χ1n) is 9.87. The average molecular weight is 424 g/mol. The fourth-order valence-corrected chi connectivity index (χ4v) is 3.42. The number of nitrogens with zero attached hydrogens (tertiary/aromatic N) is 4. The Morgan fingerprint density at radius 1 is 1.16 bits per heavy atom. The zero-order chi connectivity index (χ0) is 21.8. The van der Waals surface area contributed by atoms with Crippen LogP contribution in [0.15, 0.2) is 47.1 Å². The lowest BCUT2D eigenvalue weighted by atomic mass is 9.97. The number of likely N-dealkylation sites (tertiary alicyclic amines) is 1. The van der Waals surface area contributed by atoms with Gasteiger partial charge in [-0.25, -0.2) is 9.18 Å². The summed E-state index contributed by atoms with van der Waals surface area (Å²) in [6.45, 7) is 2.31. The number of benzene rings is 1. The SMILES string of the molecule is CC(=O)Nc1cc(NC(=O)N2CCC(c3nc(-c4ccccn4)no3)CC2)ccc1F. The summed E-state index contributed by atoms with van der Waals surface area (Å²) < 4.78 is 19.2. The van der Waals surface area contributed by atoms with E-state index in [0.717, 1.165) is 0 Å². The van der Waals surface area contributed by atoms with Crippen molar-refractivity contribution in [2.24, 2.45) is 0 Å². The number of rotatable bonds is 4. The van der Waals surface area contributed by atoms with Crippen LogP contribution in [0.5, 0.6) is 0 Å². The lowest BCUT2D eigenvalue weighted by Crippen LogP contribution is -2.40. The number of carbonyl (C=O) groups is 2. The van der Waals surface area contributed by atoms with Crippen LogP contribution in [0.3, 0.4) is 0 Å². The fourth-order valence-electron chi connectivity index (χ4n) is 3.42. The molecule has 0 bridgehead atoms. The van der Waals surface area contributed by atoms with Gasteiger partial charge in [-0.1, -0.05) is 11.2 Å². The number of anilines is 2. The third-order valence-electron chi connectivity index (χ3n) is 5.00. The number of pyridine rings is 1. The number of urea groups is 1. The summed E-state index contributed by atoms with van der Waals surface area (Å²) >= 11 is 0. The van der Waals surface area contributed by atoms with Crippen molar-refractivity contribution >= 4 is 23.3 Å². The molecule has 160 valence electrons. The minimum atomic E-state index is -0.571. The van der Waals surface area contributed by atoms with E-state index in [-0.39, 0.29) is 17.6 Å². The number of carbonyl (C=O) groups excluding carboxylic acids is 2. The Balaban J connectivity index is 1.34. The van der Waals surface area contributed by atoms with Crippen molar-refractivity contribution in [3.63, 3.8) is 0 Å². The van der Waals surface area contributed by atoms with Gasteiger partial charge in [-0.3, -0.25) is 9.78 Å². The van der Waals surface area contributed by atoms with E-state index in [4.69, 9.17) is 4.52 Å². The molecule has 0 unspecified atom stereocenters. The molecule has 1 fully saturated rings. The first-order valence-corrected chi connectivity index (χ1v) is 9.87. The minimum absolute atomic E-state index is 0.0177. The van der Waals surface area contributed by atoms with E-state index in [9.17, 15) is 14.0 Å². The molecule has 3 amide bonds. The largest absolute Gasteiger partial charge is 0.339 e. The van der Waals surface area contributed by atoms with E-state index in [1.165, 1.54) is 25.1 Å². The van der Waals surface area contributed by atoms with Gasteiger partial charge in [-0.15, -0.1) is 0 Å². The predicted molar refractivity (Wildman–Crippen MR) is 111 cm³/mol. The van der Waals surface area contributed by atoms with E-state index in [2.05, 4.69) is 25.8 Å². The number of aromatic nitrogens is 3. The normalized spacial score (nSPS) is 14.3. The summed E-state index contributed by atoms with van der Waals surface area (Å²) in [4.78, 5) is 34.1. The second kappa shape index (κ2) is 8.90. The van der Waals surface area contributed by atoms with Gasteiger partial charge in [0.1, 0.15) is 11.5 Å². The van der Waals surface area contributed by atoms with E-state index in [1.807, 2.05) is 18.2 Å². The second-order valence-electron chi connectivity index (χ2n) is 7.24. The van der Waals surface area contributed by atoms with Gasteiger partial charge in [0, 0.05) is 37.8 Å². The molecule has 0 aliphatic carbocycles. The van der Waals surface area contributed by atoms with Crippen molar-refractivity contribution in [2.75, 3.05) is 23.7 Å². The second-order valence-corrected chi connectivity index (χ2v) is 7.24. The molecule has 1 aromatic carbocycles. The van der Waals surface area contributed by atoms with Gasteiger partial charge in [0.25, 0.3) is 0 Å². The van der Waals surface area contributed by atoms with Gasteiger partial charge < -0.3 is 20.1 Å². The molecule has 9 nitrogen and oxygen atoms in total. The van der Waals surface area contributed by atoms with Crippen LogP contribution in [0.4, 0.5) is 20.6 Å². The summed E-state index contributed by atoms with van der Waals surface area (Å²) in [5.41, 5.74) is 1.06. The number of halogens is 1. The van der Waals surface area contributed by atoms with Gasteiger partial charge in [0.15, 0.2) is 0 Å². The number of nitrogens with one attached hydrogen (secondary N) is 2. The van der Waals surface area contributed by atoms with E-state index < -0.39 is 11.7 Å². The van der Waals surface area contributed by atoms with Crippen molar-refractivity contribution in [1.29, 1.82) is 0 Å². The van der Waals surface area contributed by atoms with Crippen LogP contribution >= 0.6 is 0 Å². The molecule has 1 saturated heterocycles. The third-order valence-corrected chi connectivity index (χ3v) is 5.00. The van der Waals surface area contributed by atoms with Crippen molar-refractivity contribution in [3.8, 4) is 11.5 Å². The van der Waals surface area contributed by atoms with Gasteiger partial charge in [-0.05, 0) is 43.2 Å². The zero-order valence-electron chi connectivity index (χ0n) is 16.8. The van der Waals surface area contributed by atoms with Crippen molar-refractivity contribution in [1.82, 2.24) is 20.0 Å². The molecule has 10 heteroatoms. The Morgan fingerprint density at radius 3 is 2.68 bits per heavy atom. The van der Waals surface area contributed by atoms with Crippen LogP contribution in [-0.2, 0) is 4.79 Å². The molecule has 2 aromatic heterocycles. The van der Waals surface area contributed by atoms with Crippen molar-refractivity contribution < 1.29 is 18.5 Å². The summed E-state index contributed by atoms with van der Waals surface area (Å²) in [6.07, 6.45) is 3.03. The highest BCUT2D eigenvalue weighted by Crippen LogP contribution is 2.28. The predicted octanol–water partition coefficient (Wildman–Crippen LogP) is 3.64. The molecule has 2 N–H and O–H groups in total. The maximum absolute atomic E-state index is 13.8. The lowest BCUT2D eigenvalue weighted by molar-refractivity contribution is -0.114. The monoisotopic (exact) mass is 424 g/mol. The van der Waals surface area contributed by atoms with E-state index >= 15 is 0 Å². The number of hydrogen-bond donors (Lipinski definition) is 2. The molecule has 3 heterocycles. The van der Waals surface area contributed by atoms with Gasteiger partial charge >= 0.3 is 6.03 Å².